The third-order valence-corrected chi connectivity index (χ3v) is 4.94. The van der Waals surface area contributed by atoms with Crippen LogP contribution in [0.3, 0.4) is 0 Å². The van der Waals surface area contributed by atoms with Crippen LogP contribution in [0.1, 0.15) is 84.0 Å². The lowest BCUT2D eigenvalue weighted by Gasteiger charge is -2.05. The molecule has 0 spiro atoms. The standard InChI is InChI=1S/C19H35NO3S/c1-2-3-4-5-6-7-8-9-10-11-12-13-14-15-18(21)24-16-17(20)19(22)23/h7-8,17H,2-6,9-16,20H2,1H3,(H,22,23)/b8-7-/t17-/m0/s1. The summed E-state index contributed by atoms with van der Waals surface area (Å²) >= 11 is 1.04. The lowest BCUT2D eigenvalue weighted by Crippen LogP contribution is -2.32. The average Bonchev–Trinajstić information content (AvgIpc) is 2.56. The SMILES string of the molecule is CCCCCC/C=C\CCCCCCCC(=O)SC[C@H](N)C(=O)O. The maximum absolute atomic E-state index is 11.6. The molecule has 0 saturated heterocycles. The molecule has 0 heterocycles. The van der Waals surface area contributed by atoms with Crippen LogP contribution in [0.4, 0.5) is 0 Å². The minimum atomic E-state index is -1.05. The smallest absolute Gasteiger partial charge is 0.321 e. The number of aliphatic carboxylic acids is 1. The summed E-state index contributed by atoms with van der Waals surface area (Å²) in [6.07, 6.45) is 18.4. The Morgan fingerprint density at radius 1 is 0.958 bits per heavy atom. The number of carboxylic acid groups (broad SMARTS) is 1. The third-order valence-electron chi connectivity index (χ3n) is 3.88. The Morgan fingerprint density at radius 2 is 1.50 bits per heavy atom. The number of carboxylic acids is 1. The molecule has 0 aromatic carbocycles. The van der Waals surface area contributed by atoms with Gasteiger partial charge in [-0.05, 0) is 32.1 Å². The first-order chi connectivity index (χ1) is 11.6. The van der Waals surface area contributed by atoms with E-state index in [9.17, 15) is 9.59 Å². The molecular weight excluding hydrogens is 322 g/mol. The molecule has 3 N–H and O–H groups in total. The van der Waals surface area contributed by atoms with E-state index in [2.05, 4.69) is 19.1 Å². The van der Waals surface area contributed by atoms with Crippen molar-refractivity contribution in [3.8, 4) is 0 Å². The highest BCUT2D eigenvalue weighted by Gasteiger charge is 2.13. The second kappa shape index (κ2) is 17.0. The van der Waals surface area contributed by atoms with Gasteiger partial charge in [0.1, 0.15) is 6.04 Å². The van der Waals surface area contributed by atoms with Crippen molar-refractivity contribution < 1.29 is 14.7 Å². The van der Waals surface area contributed by atoms with Gasteiger partial charge < -0.3 is 10.8 Å². The highest BCUT2D eigenvalue weighted by atomic mass is 32.2. The van der Waals surface area contributed by atoms with Crippen LogP contribution in [-0.4, -0.2) is 28.0 Å². The van der Waals surface area contributed by atoms with Gasteiger partial charge in [-0.15, -0.1) is 0 Å². The Morgan fingerprint density at radius 3 is 2.08 bits per heavy atom. The summed E-state index contributed by atoms with van der Waals surface area (Å²) in [5.74, 6) is -0.885. The number of hydrogen-bond donors (Lipinski definition) is 2. The molecule has 0 radical (unpaired) electrons. The first kappa shape index (κ1) is 23.2. The van der Waals surface area contributed by atoms with Gasteiger partial charge in [0.2, 0.25) is 0 Å². The molecule has 0 aliphatic rings. The van der Waals surface area contributed by atoms with Gasteiger partial charge in [-0.3, -0.25) is 9.59 Å². The van der Waals surface area contributed by atoms with Crippen LogP contribution in [0.5, 0.6) is 0 Å². The minimum absolute atomic E-state index is 0.0534. The van der Waals surface area contributed by atoms with E-state index in [0.29, 0.717) is 6.42 Å². The quantitative estimate of drug-likeness (QED) is 0.303. The highest BCUT2D eigenvalue weighted by molar-refractivity contribution is 8.13. The van der Waals surface area contributed by atoms with E-state index in [1.165, 1.54) is 44.9 Å². The zero-order chi connectivity index (χ0) is 18.0. The second-order valence-electron chi connectivity index (χ2n) is 6.25. The Labute approximate surface area is 151 Å². The zero-order valence-electron chi connectivity index (χ0n) is 15.2. The van der Waals surface area contributed by atoms with Crippen molar-refractivity contribution in [1.82, 2.24) is 0 Å². The number of nitrogens with two attached hydrogens (primary N) is 1. The number of thioether (sulfide) groups is 1. The van der Waals surface area contributed by atoms with Crippen LogP contribution in [0.15, 0.2) is 12.2 Å². The molecule has 1 atom stereocenters. The number of hydrogen-bond acceptors (Lipinski definition) is 4. The van der Waals surface area contributed by atoms with Crippen molar-refractivity contribution in [1.29, 1.82) is 0 Å². The van der Waals surface area contributed by atoms with Crippen LogP contribution in [0.25, 0.3) is 0 Å². The summed E-state index contributed by atoms with van der Waals surface area (Å²) in [4.78, 5) is 22.1. The lowest BCUT2D eigenvalue weighted by atomic mass is 10.1. The van der Waals surface area contributed by atoms with E-state index in [-0.39, 0.29) is 10.9 Å². The van der Waals surface area contributed by atoms with Gasteiger partial charge in [-0.25, -0.2) is 0 Å². The molecular formula is C19H35NO3S. The van der Waals surface area contributed by atoms with Gasteiger partial charge in [0.05, 0.1) is 0 Å². The first-order valence-corrected chi connectivity index (χ1v) is 10.4. The van der Waals surface area contributed by atoms with Crippen LogP contribution < -0.4 is 5.73 Å². The van der Waals surface area contributed by atoms with Crippen LogP contribution in [0, 0.1) is 0 Å². The molecule has 0 rings (SSSR count). The van der Waals surface area contributed by atoms with E-state index < -0.39 is 12.0 Å². The molecule has 140 valence electrons. The predicted molar refractivity (Wildman–Crippen MR) is 103 cm³/mol. The number of allylic oxidation sites excluding steroid dienone is 2. The maximum Gasteiger partial charge on any atom is 0.321 e. The van der Waals surface area contributed by atoms with Crippen molar-refractivity contribution >= 4 is 22.8 Å². The average molecular weight is 358 g/mol. The molecule has 24 heavy (non-hydrogen) atoms. The van der Waals surface area contributed by atoms with E-state index in [4.69, 9.17) is 10.8 Å². The van der Waals surface area contributed by atoms with Gasteiger partial charge in [0.15, 0.2) is 5.12 Å². The lowest BCUT2D eigenvalue weighted by molar-refractivity contribution is -0.137. The van der Waals surface area contributed by atoms with Gasteiger partial charge in [-0.2, -0.15) is 0 Å². The molecule has 0 amide bonds. The molecule has 0 unspecified atom stereocenters. The first-order valence-electron chi connectivity index (χ1n) is 9.37. The fourth-order valence-corrected chi connectivity index (χ4v) is 3.11. The minimum Gasteiger partial charge on any atom is -0.480 e. The van der Waals surface area contributed by atoms with Crippen LogP contribution in [-0.2, 0) is 9.59 Å². The predicted octanol–water partition coefficient (Wildman–Crippen LogP) is 4.92. The summed E-state index contributed by atoms with van der Waals surface area (Å²) in [5.41, 5.74) is 5.36. The van der Waals surface area contributed by atoms with E-state index >= 15 is 0 Å². The van der Waals surface area contributed by atoms with Crippen molar-refractivity contribution in [2.24, 2.45) is 5.73 Å². The molecule has 0 aromatic heterocycles. The van der Waals surface area contributed by atoms with Crippen molar-refractivity contribution in [2.75, 3.05) is 5.75 Å². The molecule has 0 aromatic rings. The summed E-state index contributed by atoms with van der Waals surface area (Å²) < 4.78 is 0. The second-order valence-corrected chi connectivity index (χ2v) is 7.33. The number of rotatable bonds is 16. The number of unbranched alkanes of at least 4 members (excludes halogenated alkanes) is 9. The fraction of sp³-hybridized carbons (Fsp3) is 0.789. The van der Waals surface area contributed by atoms with Crippen molar-refractivity contribution in [3.63, 3.8) is 0 Å². The number of carbonyl (C=O) groups is 2. The summed E-state index contributed by atoms with van der Waals surface area (Å²) in [6.45, 7) is 2.24. The van der Waals surface area contributed by atoms with Crippen LogP contribution >= 0.6 is 11.8 Å². The molecule has 0 fully saturated rings. The summed E-state index contributed by atoms with van der Waals surface area (Å²) in [6, 6.07) is -0.946. The normalized spacial score (nSPS) is 12.6. The number of carbonyl (C=O) groups excluding carboxylic acids is 1. The van der Waals surface area contributed by atoms with Crippen molar-refractivity contribution in [2.45, 2.75) is 90.0 Å². The Kier molecular flexibility index (Phi) is 16.5. The van der Waals surface area contributed by atoms with Crippen molar-refractivity contribution in [3.05, 3.63) is 12.2 Å². The molecule has 0 aliphatic heterocycles. The van der Waals surface area contributed by atoms with Gasteiger partial charge in [0.25, 0.3) is 0 Å². The highest BCUT2D eigenvalue weighted by Crippen LogP contribution is 2.13. The van der Waals surface area contributed by atoms with Gasteiger partial charge in [-0.1, -0.05) is 69.4 Å². The topological polar surface area (TPSA) is 80.4 Å². The van der Waals surface area contributed by atoms with Gasteiger partial charge >= 0.3 is 5.97 Å². The van der Waals surface area contributed by atoms with E-state index in [0.717, 1.165) is 37.4 Å². The molecule has 0 aliphatic carbocycles. The molecule has 0 bridgehead atoms. The molecule has 0 saturated carbocycles. The zero-order valence-corrected chi connectivity index (χ0v) is 16.0. The van der Waals surface area contributed by atoms with Gasteiger partial charge in [0, 0.05) is 12.2 Å². The monoisotopic (exact) mass is 357 g/mol. The Balaban J connectivity index is 3.31. The third kappa shape index (κ3) is 16.1. The summed E-state index contributed by atoms with van der Waals surface area (Å²) in [7, 11) is 0. The largest absolute Gasteiger partial charge is 0.480 e. The van der Waals surface area contributed by atoms with E-state index in [1.54, 1.807) is 0 Å². The van der Waals surface area contributed by atoms with E-state index in [1.807, 2.05) is 0 Å². The molecule has 5 heteroatoms. The fourth-order valence-electron chi connectivity index (χ4n) is 2.31. The molecule has 4 nitrogen and oxygen atoms in total. The summed E-state index contributed by atoms with van der Waals surface area (Å²) in [5, 5.41) is 8.69. The van der Waals surface area contributed by atoms with Crippen LogP contribution in [0.2, 0.25) is 0 Å². The maximum atomic E-state index is 11.6. The Hall–Kier alpha value is -0.810. The Bertz CT molecular complexity index is 359.